The van der Waals surface area contributed by atoms with Gasteiger partial charge in [-0.1, -0.05) is 24.3 Å². The molecule has 0 radical (unpaired) electrons. The Morgan fingerprint density at radius 2 is 1.93 bits per heavy atom. The molecule has 0 unspecified atom stereocenters. The van der Waals surface area contributed by atoms with Crippen LogP contribution in [0.15, 0.2) is 30.3 Å². The summed E-state index contributed by atoms with van der Waals surface area (Å²) in [7, 11) is 0. The van der Waals surface area contributed by atoms with Gasteiger partial charge in [0.25, 0.3) is 0 Å². The molecule has 0 aromatic heterocycles. The van der Waals surface area contributed by atoms with Crippen LogP contribution in [0.5, 0.6) is 0 Å². The predicted molar refractivity (Wildman–Crippen MR) is 58.9 cm³/mol. The van der Waals surface area contributed by atoms with Crippen LogP contribution in [0.2, 0.25) is 0 Å². The molecule has 0 aliphatic carbocycles. The molecule has 1 rings (SSSR count). The standard InChI is InChI=1S/C12H15F2N/c13-8-2-10-15-9-1-3-11-4-6-12(14)7-5-11/h1,3-7,15H,2,8-10H2/b3-1+. The maximum absolute atomic E-state index is 12.5. The Kier molecular flexibility index (Phi) is 5.63. The molecule has 0 heterocycles. The zero-order valence-electron chi connectivity index (χ0n) is 8.55. The zero-order chi connectivity index (χ0) is 10.9. The van der Waals surface area contributed by atoms with Gasteiger partial charge in [0, 0.05) is 6.54 Å². The van der Waals surface area contributed by atoms with Gasteiger partial charge in [-0.2, -0.15) is 0 Å². The van der Waals surface area contributed by atoms with E-state index < -0.39 is 0 Å². The van der Waals surface area contributed by atoms with Crippen LogP contribution < -0.4 is 5.32 Å². The molecule has 0 atom stereocenters. The van der Waals surface area contributed by atoms with Crippen molar-refractivity contribution in [3.63, 3.8) is 0 Å². The van der Waals surface area contributed by atoms with Gasteiger partial charge in [-0.15, -0.1) is 0 Å². The first-order valence-corrected chi connectivity index (χ1v) is 5.01. The van der Waals surface area contributed by atoms with Gasteiger partial charge < -0.3 is 5.32 Å². The van der Waals surface area contributed by atoms with Crippen molar-refractivity contribution in [3.8, 4) is 0 Å². The average Bonchev–Trinajstić information content (AvgIpc) is 2.26. The van der Waals surface area contributed by atoms with Crippen LogP contribution in [-0.2, 0) is 0 Å². The Balaban J connectivity index is 2.23. The Labute approximate surface area is 88.8 Å². The minimum absolute atomic E-state index is 0.228. The number of benzene rings is 1. The molecule has 0 fully saturated rings. The quantitative estimate of drug-likeness (QED) is 0.713. The van der Waals surface area contributed by atoms with Crippen molar-refractivity contribution in [2.45, 2.75) is 6.42 Å². The largest absolute Gasteiger partial charge is 0.313 e. The number of nitrogens with one attached hydrogen (secondary N) is 1. The van der Waals surface area contributed by atoms with Gasteiger partial charge in [0.15, 0.2) is 0 Å². The first-order valence-electron chi connectivity index (χ1n) is 5.01. The molecule has 3 heteroatoms. The van der Waals surface area contributed by atoms with E-state index in [0.29, 0.717) is 19.5 Å². The molecule has 15 heavy (non-hydrogen) atoms. The van der Waals surface area contributed by atoms with Crippen molar-refractivity contribution >= 4 is 6.08 Å². The summed E-state index contributed by atoms with van der Waals surface area (Å²) in [6.45, 7) is 1.11. The van der Waals surface area contributed by atoms with E-state index in [0.717, 1.165) is 5.56 Å². The van der Waals surface area contributed by atoms with E-state index in [1.54, 1.807) is 12.1 Å². The summed E-state index contributed by atoms with van der Waals surface area (Å²) < 4.78 is 24.3. The molecular weight excluding hydrogens is 196 g/mol. The number of hydrogen-bond donors (Lipinski definition) is 1. The Morgan fingerprint density at radius 1 is 1.20 bits per heavy atom. The summed E-state index contributed by atoms with van der Waals surface area (Å²) in [6, 6.07) is 6.28. The summed E-state index contributed by atoms with van der Waals surface area (Å²) in [5, 5.41) is 3.07. The van der Waals surface area contributed by atoms with Crippen molar-refractivity contribution in [3.05, 3.63) is 41.7 Å². The highest BCUT2D eigenvalue weighted by atomic mass is 19.1. The summed E-state index contributed by atoms with van der Waals surface area (Å²) in [4.78, 5) is 0. The third kappa shape index (κ3) is 5.27. The van der Waals surface area contributed by atoms with E-state index in [-0.39, 0.29) is 12.5 Å². The fourth-order valence-corrected chi connectivity index (χ4v) is 1.15. The number of rotatable bonds is 6. The molecule has 1 aromatic rings. The summed E-state index contributed by atoms with van der Waals surface area (Å²) in [6.07, 6.45) is 4.39. The van der Waals surface area contributed by atoms with E-state index in [9.17, 15) is 8.78 Å². The van der Waals surface area contributed by atoms with Crippen LogP contribution in [0.3, 0.4) is 0 Å². The first-order chi connectivity index (χ1) is 7.33. The molecule has 0 aliphatic heterocycles. The first kappa shape index (κ1) is 11.9. The third-order valence-electron chi connectivity index (χ3n) is 1.93. The van der Waals surface area contributed by atoms with E-state index in [1.165, 1.54) is 12.1 Å². The second kappa shape index (κ2) is 7.12. The van der Waals surface area contributed by atoms with E-state index in [4.69, 9.17) is 0 Å². The lowest BCUT2D eigenvalue weighted by atomic mass is 10.2. The zero-order valence-corrected chi connectivity index (χ0v) is 8.55. The highest BCUT2D eigenvalue weighted by Gasteiger charge is 1.88. The summed E-state index contributed by atoms with van der Waals surface area (Å²) in [5.74, 6) is -0.228. The van der Waals surface area contributed by atoms with Crippen LogP contribution in [0, 0.1) is 5.82 Å². The van der Waals surface area contributed by atoms with E-state index >= 15 is 0 Å². The monoisotopic (exact) mass is 211 g/mol. The van der Waals surface area contributed by atoms with Crippen LogP contribution in [-0.4, -0.2) is 19.8 Å². The minimum atomic E-state index is -0.283. The molecule has 1 nitrogen and oxygen atoms in total. The second-order valence-electron chi connectivity index (χ2n) is 3.20. The van der Waals surface area contributed by atoms with Gasteiger partial charge in [-0.05, 0) is 30.7 Å². The summed E-state index contributed by atoms with van der Waals surface area (Å²) in [5.41, 5.74) is 0.962. The fraction of sp³-hybridized carbons (Fsp3) is 0.333. The van der Waals surface area contributed by atoms with Crippen LogP contribution in [0.1, 0.15) is 12.0 Å². The van der Waals surface area contributed by atoms with Crippen LogP contribution >= 0.6 is 0 Å². The lowest BCUT2D eigenvalue weighted by Gasteiger charge is -1.97. The predicted octanol–water partition coefficient (Wildman–Crippen LogP) is 2.79. The van der Waals surface area contributed by atoms with Crippen molar-refractivity contribution in [1.29, 1.82) is 0 Å². The van der Waals surface area contributed by atoms with Crippen molar-refractivity contribution < 1.29 is 8.78 Å². The van der Waals surface area contributed by atoms with Crippen molar-refractivity contribution in [1.82, 2.24) is 5.32 Å². The number of alkyl halides is 1. The van der Waals surface area contributed by atoms with Crippen LogP contribution in [0.4, 0.5) is 8.78 Å². The molecule has 0 aliphatic rings. The molecule has 1 aromatic carbocycles. The Hall–Kier alpha value is -1.22. The fourth-order valence-electron chi connectivity index (χ4n) is 1.15. The van der Waals surface area contributed by atoms with Gasteiger partial charge in [-0.3, -0.25) is 4.39 Å². The molecule has 0 saturated carbocycles. The highest BCUT2D eigenvalue weighted by Crippen LogP contribution is 2.03. The average molecular weight is 211 g/mol. The molecule has 0 bridgehead atoms. The maximum Gasteiger partial charge on any atom is 0.123 e. The second-order valence-corrected chi connectivity index (χ2v) is 3.20. The molecule has 0 spiro atoms. The smallest absolute Gasteiger partial charge is 0.123 e. The molecular formula is C12H15F2N. The normalized spacial score (nSPS) is 11.1. The topological polar surface area (TPSA) is 12.0 Å². The SMILES string of the molecule is FCCCNC/C=C/c1ccc(F)cc1. The third-order valence-corrected chi connectivity index (χ3v) is 1.93. The lowest BCUT2D eigenvalue weighted by Crippen LogP contribution is -2.15. The van der Waals surface area contributed by atoms with E-state index in [1.807, 2.05) is 12.2 Å². The van der Waals surface area contributed by atoms with E-state index in [2.05, 4.69) is 5.32 Å². The highest BCUT2D eigenvalue weighted by molar-refractivity contribution is 5.48. The maximum atomic E-state index is 12.5. The lowest BCUT2D eigenvalue weighted by molar-refractivity contribution is 0.464. The molecule has 0 saturated heterocycles. The van der Waals surface area contributed by atoms with Crippen molar-refractivity contribution in [2.24, 2.45) is 0 Å². The van der Waals surface area contributed by atoms with Crippen LogP contribution in [0.25, 0.3) is 6.08 Å². The van der Waals surface area contributed by atoms with Gasteiger partial charge in [-0.25, -0.2) is 4.39 Å². The van der Waals surface area contributed by atoms with Gasteiger partial charge in [0.2, 0.25) is 0 Å². The summed E-state index contributed by atoms with van der Waals surface area (Å²) >= 11 is 0. The van der Waals surface area contributed by atoms with Crippen molar-refractivity contribution in [2.75, 3.05) is 19.8 Å². The number of halogens is 2. The van der Waals surface area contributed by atoms with Gasteiger partial charge >= 0.3 is 0 Å². The van der Waals surface area contributed by atoms with Gasteiger partial charge in [0.05, 0.1) is 6.67 Å². The Morgan fingerprint density at radius 3 is 2.60 bits per heavy atom. The minimum Gasteiger partial charge on any atom is -0.313 e. The van der Waals surface area contributed by atoms with Gasteiger partial charge in [0.1, 0.15) is 5.82 Å². The molecule has 0 amide bonds. The Bertz CT molecular complexity index is 293. The number of hydrogen-bond acceptors (Lipinski definition) is 1. The molecule has 1 N–H and O–H groups in total. The molecule has 82 valence electrons.